The van der Waals surface area contributed by atoms with Gasteiger partial charge in [-0.05, 0) is 47.3 Å². The predicted octanol–water partition coefficient (Wildman–Crippen LogP) is 5.56. The van der Waals surface area contributed by atoms with Crippen molar-refractivity contribution in [3.05, 3.63) is 92.9 Å². The zero-order chi connectivity index (χ0) is 20.9. The lowest BCUT2D eigenvalue weighted by Gasteiger charge is -2.38. The standard InChI is InChI=1S/C23H17ClN4O2S/c1-29-15-7-4-13(5-8-15)21-19-20(27-23-25-12-26-28(21)23)16-11-14(24)6-9-17(16)30-22(19)18-3-2-10-31-18/h2-12,21-22H,1H3,(H,25,26,27)/t21-,22-/m0/s1. The number of anilines is 1. The Balaban J connectivity index is 1.62. The maximum atomic E-state index is 6.56. The molecule has 0 bridgehead atoms. The van der Waals surface area contributed by atoms with Crippen LogP contribution in [0.4, 0.5) is 5.95 Å². The molecule has 4 heterocycles. The molecule has 4 aromatic rings. The number of nitrogens with one attached hydrogen (secondary N) is 1. The normalized spacial score (nSPS) is 19.0. The summed E-state index contributed by atoms with van der Waals surface area (Å²) in [5.74, 6) is 2.27. The van der Waals surface area contributed by atoms with Crippen molar-refractivity contribution in [1.29, 1.82) is 0 Å². The van der Waals surface area contributed by atoms with Gasteiger partial charge in [0.2, 0.25) is 5.95 Å². The van der Waals surface area contributed by atoms with Crippen LogP contribution in [0, 0.1) is 0 Å². The first-order chi connectivity index (χ1) is 15.2. The van der Waals surface area contributed by atoms with Gasteiger partial charge < -0.3 is 14.8 Å². The Hall–Kier alpha value is -3.29. The molecule has 0 spiro atoms. The Bertz CT molecular complexity index is 1300. The summed E-state index contributed by atoms with van der Waals surface area (Å²) >= 11 is 8.03. The SMILES string of the molecule is COc1ccc([C@H]2C3=C(Nc4ncnn42)c2cc(Cl)ccc2O[C@H]3c2cccs2)cc1. The highest BCUT2D eigenvalue weighted by Gasteiger charge is 2.41. The zero-order valence-corrected chi connectivity index (χ0v) is 18.0. The van der Waals surface area contributed by atoms with E-state index in [0.29, 0.717) is 11.0 Å². The topological polar surface area (TPSA) is 61.2 Å². The van der Waals surface area contributed by atoms with Crippen LogP contribution in [0.25, 0.3) is 5.70 Å². The van der Waals surface area contributed by atoms with Crippen LogP contribution >= 0.6 is 22.9 Å². The molecule has 2 atom stereocenters. The molecule has 8 heteroatoms. The first kappa shape index (κ1) is 18.5. The monoisotopic (exact) mass is 448 g/mol. The number of hydrogen-bond donors (Lipinski definition) is 1. The smallest absolute Gasteiger partial charge is 0.226 e. The van der Waals surface area contributed by atoms with E-state index in [1.807, 2.05) is 41.1 Å². The number of nitrogens with zero attached hydrogens (tertiary/aromatic N) is 3. The van der Waals surface area contributed by atoms with E-state index in [1.54, 1.807) is 24.8 Å². The van der Waals surface area contributed by atoms with E-state index in [0.717, 1.165) is 38.8 Å². The highest BCUT2D eigenvalue weighted by atomic mass is 35.5. The number of ether oxygens (including phenoxy) is 2. The summed E-state index contributed by atoms with van der Waals surface area (Å²) in [6, 6.07) is 17.7. The van der Waals surface area contributed by atoms with Crippen LogP contribution in [0.2, 0.25) is 5.02 Å². The Labute approximate surface area is 187 Å². The third-order valence-corrected chi connectivity index (χ3v) is 6.76. The van der Waals surface area contributed by atoms with Crippen molar-refractivity contribution in [3.8, 4) is 11.5 Å². The summed E-state index contributed by atoms with van der Waals surface area (Å²) < 4.78 is 13.8. The highest BCUT2D eigenvalue weighted by molar-refractivity contribution is 7.10. The van der Waals surface area contributed by atoms with Crippen LogP contribution in [-0.4, -0.2) is 21.9 Å². The van der Waals surface area contributed by atoms with Crippen molar-refractivity contribution in [1.82, 2.24) is 14.8 Å². The molecule has 0 aliphatic carbocycles. The summed E-state index contributed by atoms with van der Waals surface area (Å²) in [4.78, 5) is 5.57. The van der Waals surface area contributed by atoms with Crippen LogP contribution in [-0.2, 0) is 0 Å². The highest BCUT2D eigenvalue weighted by Crippen LogP contribution is 2.51. The summed E-state index contributed by atoms with van der Waals surface area (Å²) in [6.45, 7) is 0. The molecule has 1 N–H and O–H groups in total. The van der Waals surface area contributed by atoms with E-state index in [4.69, 9.17) is 21.1 Å². The summed E-state index contributed by atoms with van der Waals surface area (Å²) in [6.07, 6.45) is 1.30. The minimum Gasteiger partial charge on any atom is -0.497 e. The summed E-state index contributed by atoms with van der Waals surface area (Å²) in [7, 11) is 1.66. The molecular formula is C23H17ClN4O2S. The van der Waals surface area contributed by atoms with Crippen LogP contribution in [0.5, 0.6) is 11.5 Å². The molecule has 0 unspecified atom stereocenters. The van der Waals surface area contributed by atoms with Gasteiger partial charge in [0.15, 0.2) is 6.10 Å². The molecule has 2 aromatic carbocycles. The fourth-order valence-corrected chi connectivity index (χ4v) is 5.17. The predicted molar refractivity (Wildman–Crippen MR) is 121 cm³/mol. The van der Waals surface area contributed by atoms with Crippen molar-refractivity contribution in [2.75, 3.05) is 12.4 Å². The van der Waals surface area contributed by atoms with Gasteiger partial charge in [0.1, 0.15) is 23.9 Å². The lowest BCUT2D eigenvalue weighted by atomic mass is 9.86. The van der Waals surface area contributed by atoms with Gasteiger partial charge in [0.05, 0.1) is 12.8 Å². The molecule has 2 aromatic heterocycles. The van der Waals surface area contributed by atoms with Gasteiger partial charge in [0, 0.05) is 21.0 Å². The average molecular weight is 449 g/mol. The minimum absolute atomic E-state index is 0.195. The maximum absolute atomic E-state index is 6.56. The van der Waals surface area contributed by atoms with Crippen molar-refractivity contribution >= 4 is 34.6 Å². The Morgan fingerprint density at radius 2 is 2.03 bits per heavy atom. The van der Waals surface area contributed by atoms with E-state index in [9.17, 15) is 0 Å². The largest absolute Gasteiger partial charge is 0.497 e. The number of benzene rings is 2. The average Bonchev–Trinajstić information content (AvgIpc) is 3.49. The first-order valence-electron chi connectivity index (χ1n) is 9.77. The van der Waals surface area contributed by atoms with Gasteiger partial charge >= 0.3 is 0 Å². The molecule has 6 nitrogen and oxygen atoms in total. The molecule has 0 radical (unpaired) electrons. The van der Waals surface area contributed by atoms with Crippen molar-refractivity contribution in [2.45, 2.75) is 12.1 Å². The summed E-state index contributed by atoms with van der Waals surface area (Å²) in [5, 5.41) is 10.7. The quantitative estimate of drug-likeness (QED) is 0.444. The Morgan fingerprint density at radius 3 is 2.81 bits per heavy atom. The number of methoxy groups -OCH3 is 1. The molecule has 2 aliphatic heterocycles. The second kappa shape index (κ2) is 7.14. The van der Waals surface area contributed by atoms with Gasteiger partial charge in [-0.25, -0.2) is 4.68 Å². The van der Waals surface area contributed by atoms with E-state index in [1.165, 1.54) is 0 Å². The van der Waals surface area contributed by atoms with Gasteiger partial charge in [-0.1, -0.05) is 29.8 Å². The number of halogens is 1. The number of aromatic nitrogens is 3. The van der Waals surface area contributed by atoms with Crippen LogP contribution in [0.15, 0.2) is 71.9 Å². The Kier molecular flexibility index (Phi) is 4.26. The number of thiophene rings is 1. The number of hydrogen-bond acceptors (Lipinski definition) is 6. The minimum atomic E-state index is -0.263. The molecule has 31 heavy (non-hydrogen) atoms. The second-order valence-corrected chi connectivity index (χ2v) is 8.73. The van der Waals surface area contributed by atoms with Crippen molar-refractivity contribution in [3.63, 3.8) is 0 Å². The van der Waals surface area contributed by atoms with E-state index in [-0.39, 0.29) is 12.1 Å². The van der Waals surface area contributed by atoms with Gasteiger partial charge in [-0.3, -0.25) is 0 Å². The molecule has 0 saturated heterocycles. The molecule has 6 rings (SSSR count). The third kappa shape index (κ3) is 2.92. The van der Waals surface area contributed by atoms with Crippen molar-refractivity contribution in [2.24, 2.45) is 0 Å². The van der Waals surface area contributed by atoms with E-state index >= 15 is 0 Å². The van der Waals surface area contributed by atoms with Gasteiger partial charge in [-0.15, -0.1) is 11.3 Å². The fraction of sp³-hybridized carbons (Fsp3) is 0.130. The fourth-order valence-electron chi connectivity index (χ4n) is 4.23. The number of rotatable bonds is 3. The molecule has 154 valence electrons. The van der Waals surface area contributed by atoms with Crippen LogP contribution in [0.3, 0.4) is 0 Å². The van der Waals surface area contributed by atoms with E-state index < -0.39 is 0 Å². The molecule has 0 saturated carbocycles. The third-order valence-electron chi connectivity index (χ3n) is 5.61. The lowest BCUT2D eigenvalue weighted by molar-refractivity contribution is 0.226. The molecule has 0 amide bonds. The van der Waals surface area contributed by atoms with Crippen LogP contribution < -0.4 is 14.8 Å². The Morgan fingerprint density at radius 1 is 1.16 bits per heavy atom. The molecule has 0 fully saturated rings. The molecular weight excluding hydrogens is 432 g/mol. The maximum Gasteiger partial charge on any atom is 0.226 e. The molecule has 2 aliphatic rings. The van der Waals surface area contributed by atoms with Crippen LogP contribution in [0.1, 0.15) is 28.1 Å². The summed E-state index contributed by atoms with van der Waals surface area (Å²) in [5.41, 5.74) is 4.02. The first-order valence-corrected chi connectivity index (χ1v) is 11.0. The zero-order valence-electron chi connectivity index (χ0n) is 16.4. The van der Waals surface area contributed by atoms with Gasteiger partial charge in [0.25, 0.3) is 0 Å². The van der Waals surface area contributed by atoms with E-state index in [2.05, 4.69) is 39.0 Å². The van der Waals surface area contributed by atoms with Crippen molar-refractivity contribution < 1.29 is 9.47 Å². The second-order valence-electron chi connectivity index (χ2n) is 7.31. The van der Waals surface area contributed by atoms with Gasteiger partial charge in [-0.2, -0.15) is 10.1 Å². The lowest BCUT2D eigenvalue weighted by Crippen LogP contribution is -2.32. The number of fused-ring (bicyclic) bond motifs is 3.